The summed E-state index contributed by atoms with van der Waals surface area (Å²) < 4.78 is 6.15. The van der Waals surface area contributed by atoms with Crippen molar-refractivity contribution in [2.75, 3.05) is 12.5 Å². The molecule has 0 atom stereocenters. The van der Waals surface area contributed by atoms with Gasteiger partial charge in [-0.2, -0.15) is 4.99 Å². The van der Waals surface area contributed by atoms with Gasteiger partial charge in [0.1, 0.15) is 4.38 Å². The number of aromatic nitrogens is 2. The van der Waals surface area contributed by atoms with Gasteiger partial charge in [-0.05, 0) is 12.5 Å². The van der Waals surface area contributed by atoms with Crippen LogP contribution in [0.5, 0.6) is 0 Å². The Bertz CT molecular complexity index is 292. The Morgan fingerprint density at radius 2 is 2.08 bits per heavy atom. The van der Waals surface area contributed by atoms with Crippen LogP contribution in [0.25, 0.3) is 0 Å². The number of aryl methyl sites for hydroxylation is 1. The lowest BCUT2D eigenvalue weighted by Gasteiger charge is -1.92. The number of nitrogens with zero attached hydrogens (tertiary/aromatic N) is 3. The Hall–Kier alpha value is -0.490. The molecule has 0 unspecified atom stereocenters. The van der Waals surface area contributed by atoms with Crippen LogP contribution >= 0.6 is 23.5 Å². The highest BCUT2D eigenvalue weighted by Gasteiger charge is 2.03. The van der Waals surface area contributed by atoms with E-state index in [1.54, 1.807) is 23.5 Å². The van der Waals surface area contributed by atoms with E-state index in [9.17, 15) is 0 Å². The minimum Gasteiger partial charge on any atom is -0.407 e. The normalized spacial score (nSPS) is 10.1. The molecule has 1 aromatic heterocycles. The number of aliphatic imine (C=N–C) groups is 1. The third kappa shape index (κ3) is 3.04. The van der Waals surface area contributed by atoms with E-state index < -0.39 is 0 Å². The highest BCUT2D eigenvalue weighted by Crippen LogP contribution is 2.17. The summed E-state index contributed by atoms with van der Waals surface area (Å²) >= 11 is 3.13. The number of hydrogen-bond donors (Lipinski definition) is 0. The molecule has 0 aliphatic rings. The lowest BCUT2D eigenvalue weighted by Crippen LogP contribution is -1.80. The van der Waals surface area contributed by atoms with Gasteiger partial charge in [0.15, 0.2) is 0 Å². The summed E-state index contributed by atoms with van der Waals surface area (Å²) in [5, 5.41) is 7.61. The molecule has 0 fully saturated rings. The van der Waals surface area contributed by atoms with Gasteiger partial charge in [0, 0.05) is 6.42 Å². The zero-order valence-electron chi connectivity index (χ0n) is 7.77. The molecule has 4 nitrogen and oxygen atoms in total. The second kappa shape index (κ2) is 5.29. The minimum atomic E-state index is 0.343. The molecule has 0 saturated carbocycles. The summed E-state index contributed by atoms with van der Waals surface area (Å²) in [6, 6.07) is 0.343. The van der Waals surface area contributed by atoms with Crippen molar-refractivity contribution in [1.82, 2.24) is 10.2 Å². The van der Waals surface area contributed by atoms with E-state index in [4.69, 9.17) is 4.42 Å². The predicted molar refractivity (Wildman–Crippen MR) is 57.8 cm³/mol. The maximum atomic E-state index is 5.23. The van der Waals surface area contributed by atoms with E-state index in [0.29, 0.717) is 11.9 Å². The van der Waals surface area contributed by atoms with Gasteiger partial charge in [0.25, 0.3) is 0 Å². The fourth-order valence-electron chi connectivity index (χ4n) is 0.686. The number of thioether (sulfide) groups is 2. The lowest BCUT2D eigenvalue weighted by atomic mass is 10.5. The first-order chi connectivity index (χ1) is 6.30. The van der Waals surface area contributed by atoms with Crippen LogP contribution < -0.4 is 0 Å². The smallest absolute Gasteiger partial charge is 0.344 e. The van der Waals surface area contributed by atoms with Gasteiger partial charge in [-0.3, -0.25) is 0 Å². The maximum Gasteiger partial charge on any atom is 0.344 e. The zero-order valence-corrected chi connectivity index (χ0v) is 9.41. The second-order valence-electron chi connectivity index (χ2n) is 2.12. The SMILES string of the molecule is CCc1nnc(N=C(SC)SC)o1. The van der Waals surface area contributed by atoms with E-state index in [2.05, 4.69) is 15.2 Å². The molecule has 0 spiro atoms. The van der Waals surface area contributed by atoms with E-state index in [1.165, 1.54) is 0 Å². The summed E-state index contributed by atoms with van der Waals surface area (Å²) in [6.45, 7) is 1.96. The summed E-state index contributed by atoms with van der Waals surface area (Å²) in [5.74, 6) is 0.625. The number of rotatable bonds is 2. The summed E-state index contributed by atoms with van der Waals surface area (Å²) in [7, 11) is 0. The van der Waals surface area contributed by atoms with Crippen molar-refractivity contribution in [1.29, 1.82) is 0 Å². The lowest BCUT2D eigenvalue weighted by molar-refractivity contribution is 0.510. The van der Waals surface area contributed by atoms with Crippen molar-refractivity contribution in [2.24, 2.45) is 4.99 Å². The number of hydrogen-bond acceptors (Lipinski definition) is 6. The Morgan fingerprint density at radius 3 is 2.54 bits per heavy atom. The highest BCUT2D eigenvalue weighted by atomic mass is 32.2. The quantitative estimate of drug-likeness (QED) is 0.562. The Kier molecular flexibility index (Phi) is 4.31. The molecule has 1 aromatic rings. The van der Waals surface area contributed by atoms with Crippen molar-refractivity contribution < 1.29 is 4.42 Å². The minimum absolute atomic E-state index is 0.343. The molecule has 1 rings (SSSR count). The van der Waals surface area contributed by atoms with Crippen LogP contribution in [0.2, 0.25) is 0 Å². The van der Waals surface area contributed by atoms with Crippen molar-refractivity contribution in [2.45, 2.75) is 13.3 Å². The molecule has 1 heterocycles. The standard InChI is InChI=1S/C7H11N3OS2/c1-4-5-9-10-6(11-5)8-7(12-2)13-3/h4H2,1-3H3. The van der Waals surface area contributed by atoms with Crippen LogP contribution in [0.4, 0.5) is 6.01 Å². The van der Waals surface area contributed by atoms with Crippen molar-refractivity contribution in [3.05, 3.63) is 5.89 Å². The van der Waals surface area contributed by atoms with Gasteiger partial charge < -0.3 is 4.42 Å². The first kappa shape index (κ1) is 10.6. The molecule has 0 aliphatic carbocycles. The summed E-state index contributed by atoms with van der Waals surface area (Å²) in [6.07, 6.45) is 4.68. The molecule has 0 aliphatic heterocycles. The van der Waals surface area contributed by atoms with Gasteiger partial charge >= 0.3 is 6.01 Å². The van der Waals surface area contributed by atoms with Crippen molar-refractivity contribution in [3.8, 4) is 0 Å². The van der Waals surface area contributed by atoms with Gasteiger partial charge in [0.2, 0.25) is 5.89 Å². The van der Waals surface area contributed by atoms with E-state index >= 15 is 0 Å². The third-order valence-corrected chi connectivity index (χ3v) is 3.18. The molecule has 72 valence electrons. The average molecular weight is 217 g/mol. The first-order valence-corrected chi connectivity index (χ1v) is 6.24. The third-order valence-electron chi connectivity index (χ3n) is 1.29. The highest BCUT2D eigenvalue weighted by molar-refractivity contribution is 8.38. The topological polar surface area (TPSA) is 51.3 Å². The maximum absolute atomic E-state index is 5.23. The largest absolute Gasteiger partial charge is 0.407 e. The van der Waals surface area contributed by atoms with Crippen molar-refractivity contribution >= 4 is 33.9 Å². The average Bonchev–Trinajstić information content (AvgIpc) is 2.61. The summed E-state index contributed by atoms with van der Waals surface area (Å²) in [4.78, 5) is 4.17. The van der Waals surface area contributed by atoms with Crippen LogP contribution in [0.1, 0.15) is 12.8 Å². The van der Waals surface area contributed by atoms with E-state index in [0.717, 1.165) is 10.8 Å². The molecule has 0 radical (unpaired) electrons. The van der Waals surface area contributed by atoms with Crippen LogP contribution in [0.3, 0.4) is 0 Å². The molecular formula is C7H11N3OS2. The van der Waals surface area contributed by atoms with Gasteiger partial charge in [-0.15, -0.1) is 28.6 Å². The molecule has 0 bridgehead atoms. The van der Waals surface area contributed by atoms with Gasteiger partial charge in [-0.1, -0.05) is 12.0 Å². The molecule has 0 N–H and O–H groups in total. The molecule has 13 heavy (non-hydrogen) atoms. The Morgan fingerprint density at radius 1 is 1.38 bits per heavy atom. The van der Waals surface area contributed by atoms with Crippen molar-refractivity contribution in [3.63, 3.8) is 0 Å². The summed E-state index contributed by atoms with van der Waals surface area (Å²) in [5.41, 5.74) is 0. The van der Waals surface area contributed by atoms with Crippen LogP contribution in [-0.2, 0) is 6.42 Å². The van der Waals surface area contributed by atoms with Gasteiger partial charge in [-0.25, -0.2) is 0 Å². The first-order valence-electron chi connectivity index (χ1n) is 3.79. The van der Waals surface area contributed by atoms with E-state index in [1.807, 2.05) is 19.4 Å². The molecule has 0 amide bonds. The Labute approximate surface area is 85.6 Å². The van der Waals surface area contributed by atoms with E-state index in [-0.39, 0.29) is 0 Å². The Balaban J connectivity index is 2.77. The fourth-order valence-corrected chi connectivity index (χ4v) is 1.69. The second-order valence-corrected chi connectivity index (χ2v) is 3.97. The zero-order chi connectivity index (χ0) is 9.68. The molecular weight excluding hydrogens is 206 g/mol. The monoisotopic (exact) mass is 217 g/mol. The molecule has 0 aromatic carbocycles. The van der Waals surface area contributed by atoms with Crippen LogP contribution in [-0.4, -0.2) is 27.1 Å². The van der Waals surface area contributed by atoms with Crippen LogP contribution in [0.15, 0.2) is 9.41 Å². The predicted octanol–water partition coefficient (Wildman–Crippen LogP) is 2.35. The molecule has 0 saturated heterocycles. The fraction of sp³-hybridized carbons (Fsp3) is 0.571. The molecule has 6 heteroatoms. The van der Waals surface area contributed by atoms with Crippen LogP contribution in [0, 0.1) is 0 Å². The van der Waals surface area contributed by atoms with Gasteiger partial charge in [0.05, 0.1) is 0 Å².